The second kappa shape index (κ2) is 7.25. The number of hydrogen-bond donors (Lipinski definition) is 1. The minimum absolute atomic E-state index is 0.230. The summed E-state index contributed by atoms with van der Waals surface area (Å²) >= 11 is 0. The molecule has 0 saturated carbocycles. The Morgan fingerprint density at radius 3 is 2.82 bits per heavy atom. The number of rotatable bonds is 7. The van der Waals surface area contributed by atoms with Crippen molar-refractivity contribution in [3.05, 3.63) is 23.9 Å². The van der Waals surface area contributed by atoms with Gasteiger partial charge in [-0.15, -0.1) is 0 Å². The van der Waals surface area contributed by atoms with Crippen LogP contribution in [-0.4, -0.2) is 41.3 Å². The molecule has 0 aliphatic rings. The van der Waals surface area contributed by atoms with Gasteiger partial charge in [-0.3, -0.25) is 4.90 Å². The highest BCUT2D eigenvalue weighted by molar-refractivity contribution is 5.25. The van der Waals surface area contributed by atoms with Crippen LogP contribution in [0.2, 0.25) is 0 Å². The van der Waals surface area contributed by atoms with Gasteiger partial charge in [-0.05, 0) is 26.3 Å². The lowest BCUT2D eigenvalue weighted by Gasteiger charge is -2.26. The van der Waals surface area contributed by atoms with Gasteiger partial charge in [0.25, 0.3) is 0 Å². The summed E-state index contributed by atoms with van der Waals surface area (Å²) in [6.07, 6.45) is 2.52. The normalized spacial score (nSPS) is 11.2. The monoisotopic (exact) mass is 238 g/mol. The van der Waals surface area contributed by atoms with Gasteiger partial charge in [-0.2, -0.15) is 0 Å². The van der Waals surface area contributed by atoms with Crippen LogP contribution in [0.25, 0.3) is 0 Å². The molecule has 0 amide bonds. The van der Waals surface area contributed by atoms with E-state index in [0.29, 0.717) is 11.9 Å². The number of pyridine rings is 1. The van der Waals surface area contributed by atoms with Crippen LogP contribution in [0.5, 0.6) is 5.88 Å². The highest BCUT2D eigenvalue weighted by atomic mass is 16.5. The molecule has 0 bridgehead atoms. The van der Waals surface area contributed by atoms with Crippen LogP contribution < -0.4 is 4.74 Å². The summed E-state index contributed by atoms with van der Waals surface area (Å²) in [5.74, 6) is 0.683. The molecule has 17 heavy (non-hydrogen) atoms. The molecule has 0 saturated heterocycles. The third kappa shape index (κ3) is 4.32. The maximum atomic E-state index is 8.90. The zero-order chi connectivity index (χ0) is 12.7. The zero-order valence-electron chi connectivity index (χ0n) is 10.9. The summed E-state index contributed by atoms with van der Waals surface area (Å²) in [4.78, 5) is 6.49. The molecule has 1 heterocycles. The number of methoxy groups -OCH3 is 1. The van der Waals surface area contributed by atoms with Crippen LogP contribution in [0, 0.1) is 0 Å². The SMILES string of the molecule is COc1ncccc1CN(CCCO)C(C)C. The average molecular weight is 238 g/mol. The molecule has 96 valence electrons. The maximum Gasteiger partial charge on any atom is 0.217 e. The number of aliphatic hydroxyl groups is 1. The average Bonchev–Trinajstić information content (AvgIpc) is 2.34. The second-order valence-electron chi connectivity index (χ2n) is 4.31. The molecular weight excluding hydrogens is 216 g/mol. The van der Waals surface area contributed by atoms with Gasteiger partial charge in [0, 0.05) is 37.5 Å². The summed E-state index contributed by atoms with van der Waals surface area (Å²) in [7, 11) is 1.64. The van der Waals surface area contributed by atoms with Crippen LogP contribution in [0.4, 0.5) is 0 Å². The minimum atomic E-state index is 0.230. The molecule has 0 aliphatic heterocycles. The summed E-state index contributed by atoms with van der Waals surface area (Å²) < 4.78 is 5.24. The predicted octanol–water partition coefficient (Wildman–Crippen LogP) is 1.68. The van der Waals surface area contributed by atoms with E-state index in [-0.39, 0.29) is 6.61 Å². The molecule has 4 nitrogen and oxygen atoms in total. The standard InChI is InChI=1S/C13H22N2O2/c1-11(2)15(8-5-9-16)10-12-6-4-7-14-13(12)17-3/h4,6-7,11,16H,5,8-10H2,1-3H3. The van der Waals surface area contributed by atoms with Crippen LogP contribution in [0.15, 0.2) is 18.3 Å². The molecule has 1 rings (SSSR count). The number of hydrogen-bond acceptors (Lipinski definition) is 4. The number of ether oxygens (including phenoxy) is 1. The molecule has 0 spiro atoms. The lowest BCUT2D eigenvalue weighted by molar-refractivity contribution is 0.183. The first-order chi connectivity index (χ1) is 8.19. The first-order valence-corrected chi connectivity index (χ1v) is 6.01. The summed E-state index contributed by atoms with van der Waals surface area (Å²) in [5, 5.41) is 8.90. The first kappa shape index (κ1) is 13.9. The summed E-state index contributed by atoms with van der Waals surface area (Å²) in [6, 6.07) is 4.38. The van der Waals surface area contributed by atoms with Crippen LogP contribution in [0.1, 0.15) is 25.8 Å². The first-order valence-electron chi connectivity index (χ1n) is 6.01. The van der Waals surface area contributed by atoms with E-state index in [0.717, 1.165) is 25.1 Å². The van der Waals surface area contributed by atoms with Crippen molar-refractivity contribution in [2.75, 3.05) is 20.3 Å². The molecule has 4 heteroatoms. The van der Waals surface area contributed by atoms with E-state index in [4.69, 9.17) is 9.84 Å². The largest absolute Gasteiger partial charge is 0.481 e. The van der Waals surface area contributed by atoms with Gasteiger partial charge >= 0.3 is 0 Å². The Morgan fingerprint density at radius 2 is 2.24 bits per heavy atom. The van der Waals surface area contributed by atoms with Crippen molar-refractivity contribution >= 4 is 0 Å². The van der Waals surface area contributed by atoms with E-state index in [1.807, 2.05) is 12.1 Å². The Hall–Kier alpha value is -1.13. The molecule has 1 N–H and O–H groups in total. The van der Waals surface area contributed by atoms with Crippen molar-refractivity contribution < 1.29 is 9.84 Å². The van der Waals surface area contributed by atoms with E-state index in [1.165, 1.54) is 0 Å². The number of nitrogens with zero attached hydrogens (tertiary/aromatic N) is 2. The molecule has 0 aliphatic carbocycles. The van der Waals surface area contributed by atoms with E-state index < -0.39 is 0 Å². The maximum absolute atomic E-state index is 8.90. The van der Waals surface area contributed by atoms with Gasteiger partial charge in [0.15, 0.2) is 0 Å². The highest BCUT2D eigenvalue weighted by Crippen LogP contribution is 2.17. The summed E-state index contributed by atoms with van der Waals surface area (Å²) in [6.45, 7) is 6.22. The fourth-order valence-corrected chi connectivity index (χ4v) is 1.74. The van der Waals surface area contributed by atoms with Crippen LogP contribution in [0.3, 0.4) is 0 Å². The quantitative estimate of drug-likeness (QED) is 0.785. The number of aromatic nitrogens is 1. The Balaban J connectivity index is 2.71. The second-order valence-corrected chi connectivity index (χ2v) is 4.31. The van der Waals surface area contributed by atoms with E-state index in [9.17, 15) is 0 Å². The number of aliphatic hydroxyl groups excluding tert-OH is 1. The van der Waals surface area contributed by atoms with Crippen molar-refractivity contribution in [3.8, 4) is 5.88 Å². The molecular formula is C13H22N2O2. The van der Waals surface area contributed by atoms with Crippen molar-refractivity contribution in [3.63, 3.8) is 0 Å². The van der Waals surface area contributed by atoms with E-state index in [2.05, 4.69) is 23.7 Å². The molecule has 1 aromatic heterocycles. The van der Waals surface area contributed by atoms with Gasteiger partial charge in [0.1, 0.15) is 0 Å². The molecule has 1 aromatic rings. The Kier molecular flexibility index (Phi) is 5.94. The van der Waals surface area contributed by atoms with Crippen molar-refractivity contribution in [2.45, 2.75) is 32.9 Å². The van der Waals surface area contributed by atoms with E-state index >= 15 is 0 Å². The van der Waals surface area contributed by atoms with Gasteiger partial charge in [0.05, 0.1) is 7.11 Å². The Labute approximate surface area is 103 Å². The lowest BCUT2D eigenvalue weighted by atomic mass is 10.2. The van der Waals surface area contributed by atoms with Crippen LogP contribution >= 0.6 is 0 Å². The van der Waals surface area contributed by atoms with Crippen molar-refractivity contribution in [1.82, 2.24) is 9.88 Å². The molecule has 0 radical (unpaired) electrons. The fraction of sp³-hybridized carbons (Fsp3) is 0.615. The third-order valence-electron chi connectivity index (χ3n) is 2.75. The highest BCUT2D eigenvalue weighted by Gasteiger charge is 2.12. The minimum Gasteiger partial charge on any atom is -0.481 e. The van der Waals surface area contributed by atoms with Crippen molar-refractivity contribution in [2.24, 2.45) is 0 Å². The molecule has 0 fully saturated rings. The molecule has 0 unspecified atom stereocenters. The Morgan fingerprint density at radius 1 is 1.47 bits per heavy atom. The van der Waals surface area contributed by atoms with Crippen molar-refractivity contribution in [1.29, 1.82) is 0 Å². The molecule has 0 aromatic carbocycles. The zero-order valence-corrected chi connectivity index (χ0v) is 10.9. The van der Waals surface area contributed by atoms with Gasteiger partial charge in [0.2, 0.25) is 5.88 Å². The Bertz CT molecular complexity index is 329. The van der Waals surface area contributed by atoms with Gasteiger partial charge in [-0.1, -0.05) is 6.07 Å². The van der Waals surface area contributed by atoms with Gasteiger partial charge < -0.3 is 9.84 Å². The third-order valence-corrected chi connectivity index (χ3v) is 2.75. The fourth-order valence-electron chi connectivity index (χ4n) is 1.74. The smallest absolute Gasteiger partial charge is 0.217 e. The topological polar surface area (TPSA) is 45.6 Å². The van der Waals surface area contributed by atoms with E-state index in [1.54, 1.807) is 13.3 Å². The molecule has 0 atom stereocenters. The van der Waals surface area contributed by atoms with Gasteiger partial charge in [-0.25, -0.2) is 4.98 Å². The van der Waals surface area contributed by atoms with Crippen LogP contribution in [-0.2, 0) is 6.54 Å². The summed E-state index contributed by atoms with van der Waals surface area (Å²) in [5.41, 5.74) is 1.08. The predicted molar refractivity (Wildman–Crippen MR) is 68.0 cm³/mol. The lowest BCUT2D eigenvalue weighted by Crippen LogP contribution is -2.32.